The molecule has 6 heteroatoms. The van der Waals surface area contributed by atoms with Gasteiger partial charge in [-0.15, -0.1) is 0 Å². The number of benzene rings is 1. The van der Waals surface area contributed by atoms with Crippen molar-refractivity contribution in [1.82, 2.24) is 9.97 Å². The van der Waals surface area contributed by atoms with E-state index in [2.05, 4.69) is 22.2 Å². The van der Waals surface area contributed by atoms with E-state index in [1.54, 1.807) is 12.1 Å². The Morgan fingerprint density at radius 1 is 1.21 bits per heavy atom. The van der Waals surface area contributed by atoms with Gasteiger partial charge in [-0.05, 0) is 37.1 Å². The Morgan fingerprint density at radius 3 is 2.71 bits per heavy atom. The summed E-state index contributed by atoms with van der Waals surface area (Å²) in [6.45, 7) is 3.61. The third-order valence-corrected chi connectivity index (χ3v) is 3.68. The average molecular weight is 328 g/mol. The average Bonchev–Trinajstić information content (AvgIpc) is 2.52. The van der Waals surface area contributed by atoms with Gasteiger partial charge < -0.3 is 16.2 Å². The number of aryl methyl sites for hydroxylation is 1. The summed E-state index contributed by atoms with van der Waals surface area (Å²) >= 11 is 0. The molecule has 0 spiro atoms. The van der Waals surface area contributed by atoms with E-state index in [0.717, 1.165) is 25.0 Å². The minimum Gasteiger partial charge on any atom is -0.507 e. The number of nitrogen functional groups attached to an aromatic ring is 1. The number of nitrogens with two attached hydrogens (primary N) is 1. The zero-order chi connectivity index (χ0) is 17.5. The number of hydrogen-bond acceptors (Lipinski definition) is 5. The summed E-state index contributed by atoms with van der Waals surface area (Å²) in [5.41, 5.74) is 8.35. The lowest BCUT2D eigenvalue weighted by Crippen LogP contribution is -2.06. The Kier molecular flexibility index (Phi) is 6.12. The molecule has 1 amide bonds. The van der Waals surface area contributed by atoms with Crippen LogP contribution in [0.5, 0.6) is 5.75 Å². The molecule has 2 aromatic rings. The van der Waals surface area contributed by atoms with E-state index in [0.29, 0.717) is 16.9 Å². The van der Waals surface area contributed by atoms with Gasteiger partial charge in [-0.3, -0.25) is 4.79 Å². The number of carbonyl (C=O) groups is 1. The zero-order valence-electron chi connectivity index (χ0n) is 14.2. The van der Waals surface area contributed by atoms with E-state index in [-0.39, 0.29) is 17.6 Å². The van der Waals surface area contributed by atoms with Gasteiger partial charge in [-0.2, -0.15) is 0 Å². The van der Waals surface area contributed by atoms with Gasteiger partial charge in [0.1, 0.15) is 5.75 Å². The van der Waals surface area contributed by atoms with E-state index in [1.807, 2.05) is 6.07 Å². The Bertz CT molecular complexity index is 716. The lowest BCUT2D eigenvalue weighted by atomic mass is 10.1. The Morgan fingerprint density at radius 2 is 2.00 bits per heavy atom. The first-order valence-electron chi connectivity index (χ1n) is 8.24. The topological polar surface area (TPSA) is 101 Å². The molecular weight excluding hydrogens is 304 g/mol. The Hall–Kier alpha value is -2.63. The van der Waals surface area contributed by atoms with Crippen LogP contribution >= 0.6 is 0 Å². The zero-order valence-corrected chi connectivity index (χ0v) is 14.2. The molecule has 0 unspecified atom stereocenters. The SMILES string of the molecule is CCCCCCc1cc(-c2cc(NC(C)=O)ccc2O)nc(N)n1. The van der Waals surface area contributed by atoms with Crippen LogP contribution in [0.1, 0.15) is 45.2 Å². The smallest absolute Gasteiger partial charge is 0.221 e. The highest BCUT2D eigenvalue weighted by molar-refractivity contribution is 5.90. The Balaban J connectivity index is 2.27. The van der Waals surface area contributed by atoms with Gasteiger partial charge in [0.15, 0.2) is 0 Å². The molecule has 1 aromatic carbocycles. The van der Waals surface area contributed by atoms with Crippen LogP contribution in [0.2, 0.25) is 0 Å². The molecule has 4 N–H and O–H groups in total. The number of unbranched alkanes of at least 4 members (excludes halogenated alkanes) is 3. The van der Waals surface area contributed by atoms with Crippen LogP contribution in [0.15, 0.2) is 24.3 Å². The number of aromatic nitrogens is 2. The third-order valence-electron chi connectivity index (χ3n) is 3.68. The van der Waals surface area contributed by atoms with Crippen molar-refractivity contribution < 1.29 is 9.90 Å². The number of anilines is 2. The highest BCUT2D eigenvalue weighted by Crippen LogP contribution is 2.31. The fourth-order valence-corrected chi connectivity index (χ4v) is 2.54. The lowest BCUT2D eigenvalue weighted by molar-refractivity contribution is -0.114. The highest BCUT2D eigenvalue weighted by Gasteiger charge is 2.11. The molecule has 1 aromatic heterocycles. The monoisotopic (exact) mass is 328 g/mol. The van der Waals surface area contributed by atoms with Crippen molar-refractivity contribution in [3.05, 3.63) is 30.0 Å². The quantitative estimate of drug-likeness (QED) is 0.533. The van der Waals surface area contributed by atoms with Crippen LogP contribution in [0.4, 0.5) is 11.6 Å². The number of hydrogen-bond donors (Lipinski definition) is 3. The molecule has 1 heterocycles. The molecule has 0 bridgehead atoms. The summed E-state index contributed by atoms with van der Waals surface area (Å²) in [6.07, 6.45) is 5.40. The molecule has 0 aliphatic heterocycles. The van der Waals surface area contributed by atoms with Gasteiger partial charge in [-0.1, -0.05) is 26.2 Å². The number of nitrogens with one attached hydrogen (secondary N) is 1. The molecule has 0 saturated heterocycles. The number of phenols is 1. The van der Waals surface area contributed by atoms with Crippen LogP contribution in [0.3, 0.4) is 0 Å². The van der Waals surface area contributed by atoms with Gasteiger partial charge >= 0.3 is 0 Å². The maximum atomic E-state index is 11.2. The molecule has 0 saturated carbocycles. The molecule has 128 valence electrons. The van der Waals surface area contributed by atoms with Crippen LogP contribution in [-0.4, -0.2) is 21.0 Å². The van der Waals surface area contributed by atoms with Gasteiger partial charge in [-0.25, -0.2) is 9.97 Å². The summed E-state index contributed by atoms with van der Waals surface area (Å²) in [5.74, 6) is 0.0897. The summed E-state index contributed by atoms with van der Waals surface area (Å²) in [5, 5.41) is 12.8. The highest BCUT2D eigenvalue weighted by atomic mass is 16.3. The van der Waals surface area contributed by atoms with Crippen molar-refractivity contribution in [2.24, 2.45) is 0 Å². The minimum absolute atomic E-state index is 0.0825. The number of amides is 1. The largest absolute Gasteiger partial charge is 0.507 e. The molecule has 0 atom stereocenters. The van der Waals surface area contributed by atoms with Gasteiger partial charge in [0, 0.05) is 23.9 Å². The first-order valence-corrected chi connectivity index (χ1v) is 8.24. The van der Waals surface area contributed by atoms with Gasteiger partial charge in [0.25, 0.3) is 0 Å². The van der Waals surface area contributed by atoms with Crippen LogP contribution < -0.4 is 11.1 Å². The molecule has 2 rings (SSSR count). The number of carbonyl (C=O) groups excluding carboxylic acids is 1. The summed E-state index contributed by atoms with van der Waals surface area (Å²) in [6, 6.07) is 6.69. The lowest BCUT2D eigenvalue weighted by Gasteiger charge is -2.10. The normalized spacial score (nSPS) is 10.6. The summed E-state index contributed by atoms with van der Waals surface area (Å²) in [7, 11) is 0. The predicted molar refractivity (Wildman–Crippen MR) is 95.7 cm³/mol. The van der Waals surface area contributed by atoms with Crippen molar-refractivity contribution in [1.29, 1.82) is 0 Å². The minimum atomic E-state index is -0.176. The molecule has 0 aliphatic rings. The molecule has 6 nitrogen and oxygen atoms in total. The molecule has 24 heavy (non-hydrogen) atoms. The second-order valence-electron chi connectivity index (χ2n) is 5.83. The van der Waals surface area contributed by atoms with Gasteiger partial charge in [0.2, 0.25) is 11.9 Å². The van der Waals surface area contributed by atoms with E-state index in [9.17, 15) is 9.90 Å². The summed E-state index contributed by atoms with van der Waals surface area (Å²) in [4.78, 5) is 19.7. The maximum absolute atomic E-state index is 11.2. The number of aromatic hydroxyl groups is 1. The Labute approximate surface area is 142 Å². The van der Waals surface area contributed by atoms with Crippen molar-refractivity contribution in [3.8, 4) is 17.0 Å². The van der Waals surface area contributed by atoms with E-state index in [1.165, 1.54) is 25.8 Å². The van der Waals surface area contributed by atoms with Crippen molar-refractivity contribution in [3.63, 3.8) is 0 Å². The van der Waals surface area contributed by atoms with Crippen molar-refractivity contribution >= 4 is 17.5 Å². The third kappa shape index (κ3) is 4.94. The number of nitrogens with zero attached hydrogens (tertiary/aromatic N) is 2. The fourth-order valence-electron chi connectivity index (χ4n) is 2.54. The van der Waals surface area contributed by atoms with E-state index in [4.69, 9.17) is 5.73 Å². The van der Waals surface area contributed by atoms with Crippen molar-refractivity contribution in [2.75, 3.05) is 11.1 Å². The van der Waals surface area contributed by atoms with Gasteiger partial charge in [0.05, 0.1) is 5.69 Å². The second kappa shape index (κ2) is 8.29. The standard InChI is InChI=1S/C18H24N4O2/c1-3-4-5-6-7-13-11-16(22-18(19)21-13)15-10-14(20-12(2)23)8-9-17(15)24/h8-11,24H,3-7H2,1-2H3,(H,20,23)(H2,19,21,22). The van der Waals surface area contributed by atoms with Crippen LogP contribution in [0, 0.1) is 0 Å². The number of phenolic OH excluding ortho intramolecular Hbond substituents is 1. The second-order valence-corrected chi connectivity index (χ2v) is 5.83. The first-order chi connectivity index (χ1) is 11.5. The van der Waals surface area contributed by atoms with Crippen molar-refractivity contribution in [2.45, 2.75) is 46.0 Å². The summed E-state index contributed by atoms with van der Waals surface area (Å²) < 4.78 is 0. The molecule has 0 radical (unpaired) electrons. The predicted octanol–water partition coefficient (Wildman–Crippen LogP) is 3.51. The first kappa shape index (κ1) is 17.7. The molecule has 0 aliphatic carbocycles. The van der Waals surface area contributed by atoms with E-state index >= 15 is 0 Å². The number of rotatable bonds is 7. The van der Waals surface area contributed by atoms with Crippen LogP contribution in [-0.2, 0) is 11.2 Å². The maximum Gasteiger partial charge on any atom is 0.221 e. The molecule has 0 fully saturated rings. The fraction of sp³-hybridized carbons (Fsp3) is 0.389. The molecular formula is C18H24N4O2. The van der Waals surface area contributed by atoms with E-state index < -0.39 is 0 Å². The van der Waals surface area contributed by atoms with Crippen LogP contribution in [0.25, 0.3) is 11.3 Å².